The Morgan fingerprint density at radius 3 is 2.91 bits per heavy atom. The van der Waals surface area contributed by atoms with Crippen molar-refractivity contribution in [2.75, 3.05) is 25.0 Å². The zero-order valence-electron chi connectivity index (χ0n) is 18.0. The molecule has 0 aliphatic carbocycles. The lowest BCUT2D eigenvalue weighted by molar-refractivity contribution is 0.0530. The van der Waals surface area contributed by atoms with Gasteiger partial charge in [0.1, 0.15) is 4.88 Å². The van der Waals surface area contributed by atoms with Gasteiger partial charge in [0.2, 0.25) is 0 Å². The highest BCUT2D eigenvalue weighted by Gasteiger charge is 2.26. The summed E-state index contributed by atoms with van der Waals surface area (Å²) in [5.74, 6) is 0.718. The van der Waals surface area contributed by atoms with Crippen molar-refractivity contribution in [3.8, 4) is 11.3 Å². The van der Waals surface area contributed by atoms with E-state index in [0.29, 0.717) is 28.9 Å². The molecule has 5 heterocycles. The van der Waals surface area contributed by atoms with Crippen LogP contribution in [0, 0.1) is 0 Å². The third-order valence-corrected chi connectivity index (χ3v) is 6.72. The number of imidazole rings is 1. The second-order valence-corrected chi connectivity index (χ2v) is 8.83. The fourth-order valence-corrected chi connectivity index (χ4v) is 5.19. The Labute approximate surface area is 189 Å². The Hall–Kier alpha value is -3.24. The summed E-state index contributed by atoms with van der Waals surface area (Å²) in [4.78, 5) is 22.4. The SMILES string of the molecule is CCOC(=O)c1sc(Nc2nccn3c(-c4cnn(C)c4)cnc23)cc1C1CCNCC1. The van der Waals surface area contributed by atoms with E-state index < -0.39 is 0 Å². The van der Waals surface area contributed by atoms with Gasteiger partial charge < -0.3 is 15.4 Å². The highest BCUT2D eigenvalue weighted by atomic mass is 32.1. The Bertz CT molecular complexity index is 1250. The van der Waals surface area contributed by atoms with E-state index >= 15 is 0 Å². The third-order valence-electron chi connectivity index (χ3n) is 5.67. The molecule has 0 aromatic carbocycles. The molecule has 0 amide bonds. The van der Waals surface area contributed by atoms with Crippen LogP contribution in [0.1, 0.15) is 40.9 Å². The molecule has 1 aliphatic heterocycles. The summed E-state index contributed by atoms with van der Waals surface area (Å²) in [7, 11) is 1.89. The van der Waals surface area contributed by atoms with Gasteiger partial charge in [-0.15, -0.1) is 11.3 Å². The molecule has 0 saturated carbocycles. The highest BCUT2D eigenvalue weighted by molar-refractivity contribution is 7.18. The van der Waals surface area contributed by atoms with Gasteiger partial charge in [-0.05, 0) is 50.4 Å². The average Bonchev–Trinajstić information content (AvgIpc) is 3.53. The summed E-state index contributed by atoms with van der Waals surface area (Å²) in [6.07, 6.45) is 11.2. The standard InChI is InChI=1S/C22H25N7O2S/c1-3-31-22(30)19-16(14-4-6-23-7-5-14)10-18(32-19)27-20-21-25-12-17(29(21)9-8-24-20)15-11-26-28(2)13-15/h8-14,23H,3-7H2,1-2H3,(H,24,27). The van der Waals surface area contributed by atoms with Crippen molar-refractivity contribution in [1.82, 2.24) is 29.5 Å². The Morgan fingerprint density at radius 1 is 1.31 bits per heavy atom. The molecule has 1 aliphatic rings. The number of nitrogens with one attached hydrogen (secondary N) is 2. The van der Waals surface area contributed by atoms with Crippen LogP contribution < -0.4 is 10.6 Å². The minimum Gasteiger partial charge on any atom is -0.462 e. The van der Waals surface area contributed by atoms with Crippen LogP contribution >= 0.6 is 11.3 Å². The molecule has 5 rings (SSSR count). The molecule has 0 unspecified atom stereocenters. The number of ether oxygens (including phenoxy) is 1. The van der Waals surface area contributed by atoms with Crippen LogP contribution in [0.3, 0.4) is 0 Å². The molecular formula is C22H25N7O2S. The Kier molecular flexibility index (Phi) is 5.62. The summed E-state index contributed by atoms with van der Waals surface area (Å²) < 4.78 is 9.09. The van der Waals surface area contributed by atoms with E-state index in [2.05, 4.69) is 31.8 Å². The second kappa shape index (κ2) is 8.71. The molecule has 0 spiro atoms. The number of rotatable bonds is 6. The molecule has 4 aromatic heterocycles. The molecular weight excluding hydrogens is 426 g/mol. The number of aromatic nitrogens is 5. The number of nitrogens with zero attached hydrogens (tertiary/aromatic N) is 5. The number of hydrogen-bond donors (Lipinski definition) is 2. The smallest absolute Gasteiger partial charge is 0.348 e. The third kappa shape index (κ3) is 3.87. The van der Waals surface area contributed by atoms with Crippen molar-refractivity contribution in [1.29, 1.82) is 0 Å². The van der Waals surface area contributed by atoms with E-state index in [1.165, 1.54) is 11.3 Å². The van der Waals surface area contributed by atoms with Crippen molar-refractivity contribution in [3.05, 3.63) is 47.5 Å². The maximum Gasteiger partial charge on any atom is 0.348 e. The zero-order chi connectivity index (χ0) is 22.1. The number of carbonyl (C=O) groups excluding carboxylic acids is 1. The van der Waals surface area contributed by atoms with Crippen molar-refractivity contribution in [3.63, 3.8) is 0 Å². The summed E-state index contributed by atoms with van der Waals surface area (Å²) in [5.41, 5.74) is 3.68. The van der Waals surface area contributed by atoms with Gasteiger partial charge in [-0.2, -0.15) is 5.10 Å². The summed E-state index contributed by atoms with van der Waals surface area (Å²) in [6, 6.07) is 2.07. The van der Waals surface area contributed by atoms with E-state index in [-0.39, 0.29) is 5.97 Å². The lowest BCUT2D eigenvalue weighted by Crippen LogP contribution is -2.27. The minimum atomic E-state index is -0.259. The monoisotopic (exact) mass is 451 g/mol. The molecule has 4 aromatic rings. The normalized spacial score (nSPS) is 14.7. The van der Waals surface area contributed by atoms with Gasteiger partial charge >= 0.3 is 5.97 Å². The summed E-state index contributed by atoms with van der Waals surface area (Å²) >= 11 is 1.41. The number of thiophene rings is 1. The van der Waals surface area contributed by atoms with Gasteiger partial charge in [-0.25, -0.2) is 14.8 Å². The van der Waals surface area contributed by atoms with Gasteiger partial charge in [-0.3, -0.25) is 9.08 Å². The number of hydrogen-bond acceptors (Lipinski definition) is 8. The molecule has 166 valence electrons. The predicted molar refractivity (Wildman–Crippen MR) is 124 cm³/mol. The largest absolute Gasteiger partial charge is 0.462 e. The maximum atomic E-state index is 12.7. The Morgan fingerprint density at radius 2 is 2.16 bits per heavy atom. The quantitative estimate of drug-likeness (QED) is 0.432. The Balaban J connectivity index is 1.49. The fourth-order valence-electron chi connectivity index (χ4n) is 4.15. The number of fused-ring (bicyclic) bond motifs is 1. The molecule has 32 heavy (non-hydrogen) atoms. The predicted octanol–water partition coefficient (Wildman–Crippen LogP) is 3.58. The average molecular weight is 452 g/mol. The van der Waals surface area contributed by atoms with E-state index in [4.69, 9.17) is 4.74 Å². The minimum absolute atomic E-state index is 0.259. The van der Waals surface area contributed by atoms with Crippen molar-refractivity contribution in [2.45, 2.75) is 25.7 Å². The number of anilines is 2. The second-order valence-electron chi connectivity index (χ2n) is 7.78. The first-order chi connectivity index (χ1) is 15.6. The van der Waals surface area contributed by atoms with Gasteiger partial charge in [0, 0.05) is 31.2 Å². The lowest BCUT2D eigenvalue weighted by atomic mass is 9.90. The molecule has 1 fully saturated rings. The lowest BCUT2D eigenvalue weighted by Gasteiger charge is -2.22. The van der Waals surface area contributed by atoms with Crippen LogP contribution in [0.5, 0.6) is 0 Å². The zero-order valence-corrected chi connectivity index (χ0v) is 18.9. The number of carbonyl (C=O) groups is 1. The van der Waals surface area contributed by atoms with Crippen LogP contribution in [-0.2, 0) is 11.8 Å². The first-order valence-corrected chi connectivity index (χ1v) is 11.6. The molecule has 2 N–H and O–H groups in total. The van der Waals surface area contributed by atoms with Gasteiger partial charge in [-0.1, -0.05) is 0 Å². The van der Waals surface area contributed by atoms with Crippen molar-refractivity contribution in [2.24, 2.45) is 7.05 Å². The molecule has 1 saturated heterocycles. The first-order valence-electron chi connectivity index (χ1n) is 10.7. The number of aryl methyl sites for hydroxylation is 1. The van der Waals surface area contributed by atoms with Crippen LogP contribution in [0.4, 0.5) is 10.8 Å². The number of piperidine rings is 1. The molecule has 0 atom stereocenters. The van der Waals surface area contributed by atoms with E-state index in [9.17, 15) is 4.79 Å². The van der Waals surface area contributed by atoms with E-state index in [1.54, 1.807) is 10.9 Å². The van der Waals surface area contributed by atoms with Crippen LogP contribution in [0.2, 0.25) is 0 Å². The molecule has 9 nitrogen and oxygen atoms in total. The van der Waals surface area contributed by atoms with Crippen LogP contribution in [0.25, 0.3) is 16.9 Å². The van der Waals surface area contributed by atoms with E-state index in [0.717, 1.165) is 47.8 Å². The highest BCUT2D eigenvalue weighted by Crippen LogP contribution is 2.38. The number of esters is 1. The molecule has 0 bridgehead atoms. The summed E-state index contributed by atoms with van der Waals surface area (Å²) in [6.45, 7) is 4.10. The topological polar surface area (TPSA) is 98.4 Å². The van der Waals surface area contributed by atoms with E-state index in [1.807, 2.05) is 43.2 Å². The molecule has 0 radical (unpaired) electrons. The van der Waals surface area contributed by atoms with Crippen LogP contribution in [0.15, 0.2) is 37.1 Å². The first kappa shape index (κ1) is 20.7. The fraction of sp³-hybridized carbons (Fsp3) is 0.364. The maximum absolute atomic E-state index is 12.7. The summed E-state index contributed by atoms with van der Waals surface area (Å²) in [5, 5.41) is 11.9. The van der Waals surface area contributed by atoms with Gasteiger partial charge in [0.15, 0.2) is 11.5 Å². The van der Waals surface area contributed by atoms with Gasteiger partial charge in [0.25, 0.3) is 0 Å². The van der Waals surface area contributed by atoms with Crippen molar-refractivity contribution >= 4 is 33.8 Å². The molecule has 10 heteroatoms. The van der Waals surface area contributed by atoms with Gasteiger partial charge in [0.05, 0.1) is 29.7 Å². The van der Waals surface area contributed by atoms with Crippen molar-refractivity contribution < 1.29 is 9.53 Å². The van der Waals surface area contributed by atoms with Crippen LogP contribution in [-0.4, -0.2) is 49.8 Å².